The number of halogens is 5. The van der Waals surface area contributed by atoms with Crippen LogP contribution in [0.2, 0.25) is 0 Å². The van der Waals surface area contributed by atoms with Crippen molar-refractivity contribution in [3.8, 4) is 5.69 Å². The highest BCUT2D eigenvalue weighted by atomic mass is 32.1. The van der Waals surface area contributed by atoms with E-state index in [0.29, 0.717) is 17.0 Å². The van der Waals surface area contributed by atoms with Gasteiger partial charge in [-0.05, 0) is 24.6 Å². The van der Waals surface area contributed by atoms with Crippen molar-refractivity contribution >= 4 is 17.4 Å². The van der Waals surface area contributed by atoms with Crippen LogP contribution in [0.3, 0.4) is 0 Å². The molecule has 146 valence electrons. The number of aliphatic hydroxyl groups is 1. The van der Waals surface area contributed by atoms with Crippen LogP contribution in [0, 0.1) is 5.82 Å². The second-order valence-electron chi connectivity index (χ2n) is 5.90. The normalized spacial score (nSPS) is 18.4. The van der Waals surface area contributed by atoms with Crippen molar-refractivity contribution in [1.29, 1.82) is 0 Å². The van der Waals surface area contributed by atoms with Gasteiger partial charge in [0.1, 0.15) is 12.0 Å². The summed E-state index contributed by atoms with van der Waals surface area (Å²) in [5, 5.41) is 9.30. The van der Waals surface area contributed by atoms with Crippen molar-refractivity contribution < 1.29 is 31.9 Å². The zero-order valence-electron chi connectivity index (χ0n) is 13.7. The summed E-state index contributed by atoms with van der Waals surface area (Å²) in [6, 6.07) is 1.60. The second-order valence-corrected chi connectivity index (χ2v) is 6.99. The first-order valence-electron chi connectivity index (χ1n) is 7.86. The topological polar surface area (TPSA) is 57.8 Å². The Labute approximate surface area is 154 Å². The lowest BCUT2D eigenvalue weighted by Gasteiger charge is -2.11. The van der Waals surface area contributed by atoms with Gasteiger partial charge in [-0.15, -0.1) is 0 Å². The number of amides is 2. The lowest BCUT2D eigenvalue weighted by Crippen LogP contribution is -2.28. The van der Waals surface area contributed by atoms with Gasteiger partial charge in [-0.1, -0.05) is 11.3 Å². The molecular formula is C16H14F5N3O2S. The number of alkyl halides is 4. The molecular weight excluding hydrogens is 393 g/mol. The van der Waals surface area contributed by atoms with Crippen molar-refractivity contribution in [3.05, 3.63) is 45.5 Å². The van der Waals surface area contributed by atoms with Gasteiger partial charge in [-0.3, -0.25) is 4.57 Å². The Bertz CT molecular complexity index is 922. The number of aliphatic hydroxyl groups excluding tert-OH is 1. The number of nitrogens with zero attached hydrogens (tertiary/aromatic N) is 3. The minimum atomic E-state index is -4.83. The first kappa shape index (κ1) is 19.5. The maximum atomic E-state index is 13.9. The molecule has 0 radical (unpaired) electrons. The molecule has 1 atom stereocenters. The molecule has 3 rings (SSSR count). The summed E-state index contributed by atoms with van der Waals surface area (Å²) in [7, 11) is 0. The maximum absolute atomic E-state index is 13.9. The number of thiazole rings is 1. The molecule has 2 amide bonds. The fraction of sp³-hybridized carbons (Fsp3) is 0.375. The first-order valence-corrected chi connectivity index (χ1v) is 8.67. The predicted octanol–water partition coefficient (Wildman–Crippen LogP) is 3.25. The highest BCUT2D eigenvalue weighted by Crippen LogP contribution is 2.32. The van der Waals surface area contributed by atoms with Crippen LogP contribution >= 0.6 is 11.3 Å². The summed E-state index contributed by atoms with van der Waals surface area (Å²) in [6.07, 6.45) is -4.41. The van der Waals surface area contributed by atoms with Crippen LogP contribution in [-0.4, -0.2) is 39.9 Å². The molecule has 0 aliphatic carbocycles. The van der Waals surface area contributed by atoms with Gasteiger partial charge in [-0.2, -0.15) is 18.2 Å². The number of hydrogen-bond acceptors (Lipinski definition) is 3. The van der Waals surface area contributed by atoms with Crippen LogP contribution in [-0.2, 0) is 12.8 Å². The number of carbonyl (C=O) groups excluding carboxylic acids is 1. The molecule has 11 heteroatoms. The smallest absolute Gasteiger partial charge is 0.391 e. The third-order valence-electron chi connectivity index (χ3n) is 3.99. The van der Waals surface area contributed by atoms with Crippen LogP contribution in [0.5, 0.6) is 0 Å². The summed E-state index contributed by atoms with van der Waals surface area (Å²) in [6.45, 7) is -0.278. The van der Waals surface area contributed by atoms with E-state index in [1.807, 2.05) is 0 Å². The third kappa shape index (κ3) is 4.19. The number of carbonyl (C=O) groups is 1. The lowest BCUT2D eigenvalue weighted by molar-refractivity contribution is -0.139. The number of rotatable bonds is 2. The van der Waals surface area contributed by atoms with E-state index in [2.05, 4.69) is 4.99 Å². The van der Waals surface area contributed by atoms with Gasteiger partial charge in [0.25, 0.3) is 0 Å². The molecule has 5 nitrogen and oxygen atoms in total. The molecule has 1 saturated heterocycles. The zero-order valence-corrected chi connectivity index (χ0v) is 14.5. The molecule has 0 bridgehead atoms. The SMILES string of the molecule is O=C(/N=c1\sc(CO)cn1-c1ccc(C(F)(F)F)c(F)c1)N1CC[C@@H](F)C1. The Hall–Kier alpha value is -2.27. The van der Waals surface area contributed by atoms with Crippen LogP contribution < -0.4 is 4.80 Å². The van der Waals surface area contributed by atoms with Crippen molar-refractivity contribution in [1.82, 2.24) is 9.47 Å². The summed E-state index contributed by atoms with van der Waals surface area (Å²) in [5.74, 6) is -1.47. The summed E-state index contributed by atoms with van der Waals surface area (Å²) in [5.41, 5.74) is -1.40. The van der Waals surface area contributed by atoms with Crippen LogP contribution in [0.15, 0.2) is 29.4 Å². The predicted molar refractivity (Wildman–Crippen MR) is 86.6 cm³/mol. The van der Waals surface area contributed by atoms with Gasteiger partial charge in [-0.25, -0.2) is 13.6 Å². The fourth-order valence-electron chi connectivity index (χ4n) is 2.65. The summed E-state index contributed by atoms with van der Waals surface area (Å²) >= 11 is 0.918. The molecule has 27 heavy (non-hydrogen) atoms. The fourth-order valence-corrected chi connectivity index (χ4v) is 3.49. The molecule has 1 aromatic carbocycles. The standard InChI is InChI=1S/C16H14F5N3O2S/c17-9-3-4-23(6-9)14(26)22-15-24(7-11(8-25)27-15)10-1-2-12(13(18)5-10)16(19,20)21/h1-2,5,7,9,25H,3-4,6,8H2/b22-15-/t9-/m1/s1. The Morgan fingerprint density at radius 3 is 2.67 bits per heavy atom. The second kappa shape index (κ2) is 7.39. The third-order valence-corrected chi connectivity index (χ3v) is 4.95. The lowest BCUT2D eigenvalue weighted by atomic mass is 10.2. The highest BCUT2D eigenvalue weighted by Gasteiger charge is 2.34. The quantitative estimate of drug-likeness (QED) is 0.777. The van der Waals surface area contributed by atoms with Crippen LogP contribution in [0.25, 0.3) is 5.69 Å². The zero-order chi connectivity index (χ0) is 19.8. The Kier molecular flexibility index (Phi) is 5.33. The van der Waals surface area contributed by atoms with Crippen molar-refractivity contribution in [2.75, 3.05) is 13.1 Å². The van der Waals surface area contributed by atoms with Crippen LogP contribution in [0.4, 0.5) is 26.7 Å². The monoisotopic (exact) mass is 407 g/mol. The number of benzene rings is 1. The van der Waals surface area contributed by atoms with E-state index in [9.17, 15) is 31.9 Å². The number of hydrogen-bond donors (Lipinski definition) is 1. The minimum Gasteiger partial charge on any atom is -0.391 e. The van der Waals surface area contributed by atoms with E-state index in [-0.39, 0.29) is 30.0 Å². The summed E-state index contributed by atoms with van der Waals surface area (Å²) in [4.78, 5) is 17.7. The van der Waals surface area contributed by atoms with E-state index in [0.717, 1.165) is 17.4 Å². The molecule has 1 aliphatic rings. The number of aromatic nitrogens is 1. The Balaban J connectivity index is 2.01. The molecule has 0 spiro atoms. The van der Waals surface area contributed by atoms with Gasteiger partial charge < -0.3 is 10.0 Å². The van der Waals surface area contributed by atoms with Crippen LogP contribution in [0.1, 0.15) is 16.9 Å². The molecule has 1 N–H and O–H groups in total. The van der Waals surface area contributed by atoms with E-state index < -0.39 is 36.4 Å². The van der Waals surface area contributed by atoms with Gasteiger partial charge in [0.2, 0.25) is 0 Å². The average molecular weight is 407 g/mol. The summed E-state index contributed by atoms with van der Waals surface area (Å²) < 4.78 is 66.5. The van der Waals surface area contributed by atoms with Gasteiger partial charge in [0.05, 0.1) is 29.3 Å². The van der Waals surface area contributed by atoms with E-state index in [1.54, 1.807) is 0 Å². The molecule has 0 unspecified atom stereocenters. The van der Waals surface area contributed by atoms with Crippen molar-refractivity contribution in [2.45, 2.75) is 25.4 Å². The first-order chi connectivity index (χ1) is 12.7. The van der Waals surface area contributed by atoms with Gasteiger partial charge >= 0.3 is 12.2 Å². The molecule has 0 saturated carbocycles. The number of urea groups is 1. The van der Waals surface area contributed by atoms with Gasteiger partial charge in [0.15, 0.2) is 4.80 Å². The number of likely N-dealkylation sites (tertiary alicyclic amines) is 1. The van der Waals surface area contributed by atoms with E-state index in [1.165, 1.54) is 15.7 Å². The molecule has 2 heterocycles. The largest absolute Gasteiger partial charge is 0.419 e. The molecule has 1 aromatic heterocycles. The van der Waals surface area contributed by atoms with E-state index >= 15 is 0 Å². The maximum Gasteiger partial charge on any atom is 0.419 e. The van der Waals surface area contributed by atoms with Gasteiger partial charge in [0, 0.05) is 12.7 Å². The Morgan fingerprint density at radius 2 is 2.11 bits per heavy atom. The average Bonchev–Trinajstić information content (AvgIpc) is 3.19. The molecule has 1 fully saturated rings. The minimum absolute atomic E-state index is 0.00721. The Morgan fingerprint density at radius 1 is 1.37 bits per heavy atom. The van der Waals surface area contributed by atoms with E-state index in [4.69, 9.17) is 0 Å². The van der Waals surface area contributed by atoms with Crippen molar-refractivity contribution in [3.63, 3.8) is 0 Å². The molecule has 2 aromatic rings. The highest BCUT2D eigenvalue weighted by molar-refractivity contribution is 7.09. The molecule has 1 aliphatic heterocycles. The van der Waals surface area contributed by atoms with Crippen molar-refractivity contribution in [2.24, 2.45) is 4.99 Å².